The van der Waals surface area contributed by atoms with Crippen molar-refractivity contribution >= 4 is 15.9 Å². The Morgan fingerprint density at radius 2 is 1.89 bits per heavy atom. The fourth-order valence-electron chi connectivity index (χ4n) is 3.45. The standard InChI is InChI=1S/C16H17BrN2/c17-16-18-15(14-6-1-2-9-19(14)16)13-8-7-11-4-3-5-12(11)10-13/h7-8,10H,1-6,9H2. The van der Waals surface area contributed by atoms with E-state index in [9.17, 15) is 0 Å². The van der Waals surface area contributed by atoms with Crippen molar-refractivity contribution < 1.29 is 0 Å². The van der Waals surface area contributed by atoms with E-state index in [1.54, 1.807) is 0 Å². The van der Waals surface area contributed by atoms with Crippen LogP contribution < -0.4 is 0 Å². The van der Waals surface area contributed by atoms with Crippen molar-refractivity contribution in [3.05, 3.63) is 39.8 Å². The number of aryl methyl sites for hydroxylation is 2. The molecule has 0 bridgehead atoms. The summed E-state index contributed by atoms with van der Waals surface area (Å²) in [4.78, 5) is 4.77. The van der Waals surface area contributed by atoms with Gasteiger partial charge in [0.25, 0.3) is 0 Å². The van der Waals surface area contributed by atoms with E-state index in [4.69, 9.17) is 4.98 Å². The number of hydrogen-bond acceptors (Lipinski definition) is 1. The van der Waals surface area contributed by atoms with Crippen LogP contribution in [0.1, 0.15) is 36.1 Å². The second-order valence-corrected chi connectivity index (χ2v) is 6.33. The van der Waals surface area contributed by atoms with Gasteiger partial charge in [-0.25, -0.2) is 4.98 Å². The predicted molar refractivity (Wildman–Crippen MR) is 80.3 cm³/mol. The molecule has 0 unspecified atom stereocenters. The number of nitrogens with zero attached hydrogens (tertiary/aromatic N) is 2. The lowest BCUT2D eigenvalue weighted by atomic mass is 10.0. The third kappa shape index (κ3) is 1.86. The largest absolute Gasteiger partial charge is 0.322 e. The first-order valence-corrected chi connectivity index (χ1v) is 7.99. The quantitative estimate of drug-likeness (QED) is 0.773. The van der Waals surface area contributed by atoms with E-state index in [0.29, 0.717) is 0 Å². The summed E-state index contributed by atoms with van der Waals surface area (Å²) in [7, 11) is 0. The molecule has 19 heavy (non-hydrogen) atoms. The van der Waals surface area contributed by atoms with Crippen LogP contribution >= 0.6 is 15.9 Å². The minimum absolute atomic E-state index is 0.998. The van der Waals surface area contributed by atoms with Crippen molar-refractivity contribution in [1.82, 2.24) is 9.55 Å². The van der Waals surface area contributed by atoms with E-state index in [1.807, 2.05) is 0 Å². The topological polar surface area (TPSA) is 17.8 Å². The lowest BCUT2D eigenvalue weighted by molar-refractivity contribution is 0.525. The lowest BCUT2D eigenvalue weighted by Crippen LogP contribution is -2.10. The van der Waals surface area contributed by atoms with Gasteiger partial charge in [0.2, 0.25) is 0 Å². The van der Waals surface area contributed by atoms with Crippen LogP contribution in [0.25, 0.3) is 11.3 Å². The Kier molecular flexibility index (Phi) is 2.76. The highest BCUT2D eigenvalue weighted by molar-refractivity contribution is 9.10. The van der Waals surface area contributed by atoms with Crippen molar-refractivity contribution in [3.63, 3.8) is 0 Å². The molecule has 1 aromatic heterocycles. The minimum atomic E-state index is 0.998. The smallest absolute Gasteiger partial charge is 0.177 e. The number of aromatic nitrogens is 2. The maximum absolute atomic E-state index is 4.77. The molecular weight excluding hydrogens is 300 g/mol. The van der Waals surface area contributed by atoms with E-state index in [2.05, 4.69) is 38.7 Å². The van der Waals surface area contributed by atoms with E-state index >= 15 is 0 Å². The van der Waals surface area contributed by atoms with Gasteiger partial charge in [0.15, 0.2) is 4.73 Å². The van der Waals surface area contributed by atoms with Gasteiger partial charge < -0.3 is 4.57 Å². The average molecular weight is 317 g/mol. The molecule has 1 aromatic carbocycles. The fourth-order valence-corrected chi connectivity index (χ4v) is 4.02. The summed E-state index contributed by atoms with van der Waals surface area (Å²) >= 11 is 3.61. The van der Waals surface area contributed by atoms with Crippen LogP contribution in [0.3, 0.4) is 0 Å². The van der Waals surface area contributed by atoms with Crippen molar-refractivity contribution in [2.24, 2.45) is 0 Å². The number of rotatable bonds is 1. The van der Waals surface area contributed by atoms with Crippen LogP contribution in [0.4, 0.5) is 0 Å². The fraction of sp³-hybridized carbons (Fsp3) is 0.438. The number of hydrogen-bond donors (Lipinski definition) is 0. The Labute approximate surface area is 122 Å². The molecule has 2 heterocycles. The zero-order valence-electron chi connectivity index (χ0n) is 11.0. The van der Waals surface area contributed by atoms with Gasteiger partial charge in [0.05, 0.1) is 5.69 Å². The molecule has 2 aliphatic rings. The molecule has 0 spiro atoms. The summed E-state index contributed by atoms with van der Waals surface area (Å²) < 4.78 is 3.34. The third-order valence-electron chi connectivity index (χ3n) is 4.44. The van der Waals surface area contributed by atoms with Crippen LogP contribution in [-0.4, -0.2) is 9.55 Å². The van der Waals surface area contributed by atoms with Gasteiger partial charge in [-0.1, -0.05) is 12.1 Å². The van der Waals surface area contributed by atoms with Crippen molar-refractivity contribution in [1.29, 1.82) is 0 Å². The first-order chi connectivity index (χ1) is 9.33. The van der Waals surface area contributed by atoms with E-state index in [0.717, 1.165) is 17.7 Å². The van der Waals surface area contributed by atoms with Crippen molar-refractivity contribution in [3.8, 4) is 11.3 Å². The second kappa shape index (κ2) is 4.48. The van der Waals surface area contributed by atoms with Gasteiger partial charge >= 0.3 is 0 Å². The first kappa shape index (κ1) is 11.7. The monoisotopic (exact) mass is 316 g/mol. The normalized spacial score (nSPS) is 17.3. The highest BCUT2D eigenvalue weighted by Gasteiger charge is 2.21. The van der Waals surface area contributed by atoms with Crippen molar-refractivity contribution in [2.75, 3.05) is 0 Å². The molecule has 0 radical (unpaired) electrons. The number of benzene rings is 1. The molecule has 0 atom stereocenters. The molecule has 98 valence electrons. The zero-order valence-corrected chi connectivity index (χ0v) is 12.5. The van der Waals surface area contributed by atoms with Crippen LogP contribution in [0.15, 0.2) is 22.9 Å². The Morgan fingerprint density at radius 1 is 1.00 bits per heavy atom. The van der Waals surface area contributed by atoms with Crippen LogP contribution in [-0.2, 0) is 25.8 Å². The second-order valence-electron chi connectivity index (χ2n) is 5.62. The summed E-state index contributed by atoms with van der Waals surface area (Å²) in [5.74, 6) is 0. The highest BCUT2D eigenvalue weighted by Crippen LogP contribution is 2.33. The van der Waals surface area contributed by atoms with Crippen LogP contribution in [0, 0.1) is 0 Å². The maximum Gasteiger partial charge on any atom is 0.177 e. The highest BCUT2D eigenvalue weighted by atomic mass is 79.9. The SMILES string of the molecule is Brc1nc(-c2ccc3c(c2)CCC3)c2n1CCCC2. The molecule has 0 amide bonds. The van der Waals surface area contributed by atoms with Gasteiger partial charge in [-0.2, -0.15) is 0 Å². The molecule has 0 N–H and O–H groups in total. The summed E-state index contributed by atoms with van der Waals surface area (Å²) in [6.45, 7) is 1.11. The van der Waals surface area contributed by atoms with E-state index in [-0.39, 0.29) is 0 Å². The van der Waals surface area contributed by atoms with E-state index in [1.165, 1.54) is 60.2 Å². The lowest BCUT2D eigenvalue weighted by Gasteiger charge is -2.16. The predicted octanol–water partition coefficient (Wildman–Crippen LogP) is 4.14. The van der Waals surface area contributed by atoms with E-state index < -0.39 is 0 Å². The third-order valence-corrected chi connectivity index (χ3v) is 5.05. The van der Waals surface area contributed by atoms with Gasteiger partial charge in [-0.05, 0) is 71.6 Å². The summed E-state index contributed by atoms with van der Waals surface area (Å²) in [6, 6.07) is 6.93. The van der Waals surface area contributed by atoms with Crippen molar-refractivity contribution in [2.45, 2.75) is 45.1 Å². The molecule has 1 aliphatic heterocycles. The molecule has 4 rings (SSSR count). The molecule has 2 nitrogen and oxygen atoms in total. The Morgan fingerprint density at radius 3 is 2.84 bits per heavy atom. The number of fused-ring (bicyclic) bond motifs is 2. The Balaban J connectivity index is 1.84. The minimum Gasteiger partial charge on any atom is -0.322 e. The molecule has 0 saturated heterocycles. The van der Waals surface area contributed by atoms with Gasteiger partial charge in [0.1, 0.15) is 0 Å². The number of imidazole rings is 1. The van der Waals surface area contributed by atoms with Gasteiger partial charge in [-0.3, -0.25) is 0 Å². The van der Waals surface area contributed by atoms with Gasteiger partial charge in [-0.15, -0.1) is 0 Å². The molecule has 3 heteroatoms. The molecular formula is C16H17BrN2. The van der Waals surface area contributed by atoms with Crippen LogP contribution in [0.2, 0.25) is 0 Å². The summed E-state index contributed by atoms with van der Waals surface area (Å²) in [5.41, 5.74) is 6.98. The average Bonchev–Trinajstić information content (AvgIpc) is 3.03. The summed E-state index contributed by atoms with van der Waals surface area (Å²) in [6.07, 6.45) is 7.51. The van der Waals surface area contributed by atoms with Gasteiger partial charge in [0, 0.05) is 17.8 Å². The number of halogens is 1. The summed E-state index contributed by atoms with van der Waals surface area (Å²) in [5, 5.41) is 0. The maximum atomic E-state index is 4.77. The first-order valence-electron chi connectivity index (χ1n) is 7.20. The molecule has 0 fully saturated rings. The Bertz CT molecular complexity index is 642. The zero-order chi connectivity index (χ0) is 12.8. The Hall–Kier alpha value is -1.09. The molecule has 1 aliphatic carbocycles. The molecule has 2 aromatic rings. The molecule has 0 saturated carbocycles. The van der Waals surface area contributed by atoms with Crippen LogP contribution in [0.5, 0.6) is 0 Å².